The number of nitrogens with one attached hydrogen (secondary N) is 1. The van der Waals surface area contributed by atoms with Crippen LogP contribution in [0.3, 0.4) is 0 Å². The van der Waals surface area contributed by atoms with Crippen molar-refractivity contribution in [3.63, 3.8) is 0 Å². The molecular formula is C25H33Cl2N3O5S. The number of carbonyl (C=O) groups excluding carboxylic acids is 2. The monoisotopic (exact) mass is 557 g/mol. The molecule has 0 unspecified atom stereocenters. The first kappa shape index (κ1) is 29.7. The Morgan fingerprint density at radius 2 is 1.83 bits per heavy atom. The standard InChI is InChI=1S/C25H33Cl2N3O5S/c1-5-22(25(32)28-6-2)29(17-18-9-7-10-20(15-18)35-3)24(31)11-8-14-30(36(4,33)34)23-16-19(26)12-13-21(23)27/h7,9-10,12-13,15-16,22H,5-6,8,11,14,17H2,1-4H3,(H,28,32)/t22-/m0/s1. The Balaban J connectivity index is 2.25. The van der Waals surface area contributed by atoms with Gasteiger partial charge in [-0.15, -0.1) is 0 Å². The van der Waals surface area contributed by atoms with Crippen molar-refractivity contribution >= 4 is 50.7 Å². The van der Waals surface area contributed by atoms with Crippen LogP contribution in [0, 0.1) is 0 Å². The van der Waals surface area contributed by atoms with Crippen LogP contribution < -0.4 is 14.4 Å². The first-order valence-corrected chi connectivity index (χ1v) is 14.2. The molecule has 0 aliphatic rings. The summed E-state index contributed by atoms with van der Waals surface area (Å²) in [5.74, 6) is 0.148. The Labute approximate surface area is 223 Å². The first-order valence-electron chi connectivity index (χ1n) is 11.6. The van der Waals surface area contributed by atoms with Crippen molar-refractivity contribution in [1.29, 1.82) is 0 Å². The topological polar surface area (TPSA) is 96.0 Å². The number of rotatable bonds is 13. The molecule has 0 saturated carbocycles. The van der Waals surface area contributed by atoms with E-state index in [1.807, 2.05) is 32.0 Å². The highest BCUT2D eigenvalue weighted by molar-refractivity contribution is 7.92. The Morgan fingerprint density at radius 1 is 1.11 bits per heavy atom. The van der Waals surface area contributed by atoms with Crippen LogP contribution in [0.5, 0.6) is 5.75 Å². The molecule has 0 aliphatic carbocycles. The van der Waals surface area contributed by atoms with Crippen molar-refractivity contribution in [2.24, 2.45) is 0 Å². The van der Waals surface area contributed by atoms with Gasteiger partial charge in [-0.05, 0) is 55.7 Å². The first-order chi connectivity index (χ1) is 17.0. The average Bonchev–Trinajstić information content (AvgIpc) is 2.83. The lowest BCUT2D eigenvalue weighted by molar-refractivity contribution is -0.141. The smallest absolute Gasteiger partial charge is 0.242 e. The third kappa shape index (κ3) is 8.28. The second-order valence-electron chi connectivity index (χ2n) is 8.23. The highest BCUT2D eigenvalue weighted by Crippen LogP contribution is 2.31. The summed E-state index contributed by atoms with van der Waals surface area (Å²) in [4.78, 5) is 27.7. The molecule has 0 saturated heterocycles. The van der Waals surface area contributed by atoms with Crippen molar-refractivity contribution in [2.75, 3.05) is 30.8 Å². The summed E-state index contributed by atoms with van der Waals surface area (Å²) >= 11 is 12.3. The summed E-state index contributed by atoms with van der Waals surface area (Å²) in [6, 6.07) is 11.2. The van der Waals surface area contributed by atoms with Gasteiger partial charge in [-0.25, -0.2) is 8.42 Å². The number of hydrogen-bond donors (Lipinski definition) is 1. The van der Waals surface area contributed by atoms with Gasteiger partial charge in [0.25, 0.3) is 0 Å². The zero-order valence-corrected chi connectivity index (χ0v) is 23.3. The second kappa shape index (κ2) is 13.7. The SMILES string of the molecule is CCNC(=O)[C@H](CC)N(Cc1cccc(OC)c1)C(=O)CCCN(c1cc(Cl)ccc1Cl)S(C)(=O)=O. The molecule has 2 amide bonds. The Hall–Kier alpha value is -2.49. The van der Waals surface area contributed by atoms with E-state index >= 15 is 0 Å². The van der Waals surface area contributed by atoms with Gasteiger partial charge in [-0.3, -0.25) is 13.9 Å². The van der Waals surface area contributed by atoms with E-state index in [0.717, 1.165) is 16.1 Å². The molecule has 0 aliphatic heterocycles. The van der Waals surface area contributed by atoms with E-state index in [1.54, 1.807) is 19.2 Å². The van der Waals surface area contributed by atoms with Gasteiger partial charge >= 0.3 is 0 Å². The van der Waals surface area contributed by atoms with E-state index in [-0.39, 0.29) is 48.5 Å². The van der Waals surface area contributed by atoms with Crippen molar-refractivity contribution in [2.45, 2.75) is 45.7 Å². The van der Waals surface area contributed by atoms with Crippen LogP contribution in [0.4, 0.5) is 5.69 Å². The number of carbonyl (C=O) groups is 2. The quantitative estimate of drug-likeness (QED) is 0.391. The summed E-state index contributed by atoms with van der Waals surface area (Å²) in [5.41, 5.74) is 1.06. The number of amides is 2. The molecule has 8 nitrogen and oxygen atoms in total. The predicted octanol–water partition coefficient (Wildman–Crippen LogP) is 4.49. The maximum atomic E-state index is 13.4. The number of halogens is 2. The fourth-order valence-corrected chi connectivity index (χ4v) is 5.24. The molecule has 0 heterocycles. The van der Waals surface area contributed by atoms with Gasteiger partial charge in [0.05, 0.1) is 24.1 Å². The minimum Gasteiger partial charge on any atom is -0.497 e. The van der Waals surface area contributed by atoms with E-state index in [1.165, 1.54) is 17.0 Å². The lowest BCUT2D eigenvalue weighted by atomic mass is 10.1. The molecule has 2 aromatic rings. The normalized spacial score (nSPS) is 12.1. The number of likely N-dealkylation sites (N-methyl/N-ethyl adjacent to an activating group) is 1. The molecule has 0 radical (unpaired) electrons. The third-order valence-corrected chi connectivity index (χ3v) is 7.29. The molecule has 198 valence electrons. The van der Waals surface area contributed by atoms with Crippen LogP contribution in [-0.4, -0.2) is 57.6 Å². The summed E-state index contributed by atoms with van der Waals surface area (Å²) in [5, 5.41) is 3.37. The molecule has 0 spiro atoms. The van der Waals surface area contributed by atoms with Crippen LogP contribution in [0.25, 0.3) is 0 Å². The molecule has 36 heavy (non-hydrogen) atoms. The van der Waals surface area contributed by atoms with E-state index in [2.05, 4.69) is 5.32 Å². The zero-order chi connectivity index (χ0) is 26.9. The number of benzene rings is 2. The van der Waals surface area contributed by atoms with Gasteiger partial charge in [0, 0.05) is 31.1 Å². The molecule has 0 aromatic heterocycles. The molecule has 1 N–H and O–H groups in total. The molecule has 0 bridgehead atoms. The van der Waals surface area contributed by atoms with Gasteiger partial charge in [-0.2, -0.15) is 0 Å². The molecule has 11 heteroatoms. The minimum absolute atomic E-state index is 0.0234. The number of hydrogen-bond acceptors (Lipinski definition) is 5. The summed E-state index contributed by atoms with van der Waals surface area (Å²) < 4.78 is 31.4. The van der Waals surface area contributed by atoms with Gasteiger partial charge in [0.2, 0.25) is 21.8 Å². The number of nitrogens with zero attached hydrogens (tertiary/aromatic N) is 2. The lowest BCUT2D eigenvalue weighted by Crippen LogP contribution is -2.49. The van der Waals surface area contributed by atoms with E-state index in [0.29, 0.717) is 23.7 Å². The van der Waals surface area contributed by atoms with E-state index < -0.39 is 16.1 Å². The Morgan fingerprint density at radius 3 is 2.44 bits per heavy atom. The lowest BCUT2D eigenvalue weighted by Gasteiger charge is -2.31. The Bertz CT molecular complexity index is 1160. The zero-order valence-electron chi connectivity index (χ0n) is 21.0. The third-order valence-electron chi connectivity index (χ3n) is 5.55. The number of methoxy groups -OCH3 is 1. The van der Waals surface area contributed by atoms with Crippen molar-refractivity contribution in [1.82, 2.24) is 10.2 Å². The minimum atomic E-state index is -3.69. The summed E-state index contributed by atoms with van der Waals surface area (Å²) in [7, 11) is -2.13. The summed E-state index contributed by atoms with van der Waals surface area (Å²) in [6.45, 7) is 4.34. The van der Waals surface area contributed by atoms with Crippen LogP contribution >= 0.6 is 23.2 Å². The van der Waals surface area contributed by atoms with Gasteiger partial charge < -0.3 is 15.0 Å². The number of anilines is 1. The maximum Gasteiger partial charge on any atom is 0.242 e. The van der Waals surface area contributed by atoms with Crippen molar-refractivity contribution in [3.8, 4) is 5.75 Å². The molecular weight excluding hydrogens is 525 g/mol. The van der Waals surface area contributed by atoms with Crippen molar-refractivity contribution < 1.29 is 22.7 Å². The van der Waals surface area contributed by atoms with Gasteiger partial charge in [0.15, 0.2) is 0 Å². The molecule has 2 aromatic carbocycles. The van der Waals surface area contributed by atoms with E-state index in [4.69, 9.17) is 27.9 Å². The predicted molar refractivity (Wildman–Crippen MR) is 144 cm³/mol. The molecule has 1 atom stereocenters. The van der Waals surface area contributed by atoms with Gasteiger partial charge in [0.1, 0.15) is 11.8 Å². The van der Waals surface area contributed by atoms with Crippen molar-refractivity contribution in [3.05, 3.63) is 58.1 Å². The molecule has 2 rings (SSSR count). The number of sulfonamides is 1. The second-order valence-corrected chi connectivity index (χ2v) is 11.0. The highest BCUT2D eigenvalue weighted by atomic mass is 35.5. The van der Waals surface area contributed by atoms with Crippen LogP contribution in [-0.2, 0) is 26.2 Å². The van der Waals surface area contributed by atoms with Gasteiger partial charge in [-0.1, -0.05) is 42.3 Å². The number of ether oxygens (including phenoxy) is 1. The fourth-order valence-electron chi connectivity index (χ4n) is 3.84. The highest BCUT2D eigenvalue weighted by Gasteiger charge is 2.29. The fraction of sp³-hybridized carbons (Fsp3) is 0.440. The largest absolute Gasteiger partial charge is 0.497 e. The maximum absolute atomic E-state index is 13.4. The Kier molecular flexibility index (Phi) is 11.3. The van der Waals surface area contributed by atoms with Crippen LogP contribution in [0.2, 0.25) is 10.0 Å². The van der Waals surface area contributed by atoms with Crippen LogP contribution in [0.1, 0.15) is 38.7 Å². The molecule has 0 fully saturated rings. The average molecular weight is 559 g/mol. The van der Waals surface area contributed by atoms with E-state index in [9.17, 15) is 18.0 Å². The summed E-state index contributed by atoms with van der Waals surface area (Å²) in [6.07, 6.45) is 1.75. The van der Waals surface area contributed by atoms with Crippen LogP contribution in [0.15, 0.2) is 42.5 Å².